The van der Waals surface area contributed by atoms with E-state index in [1.165, 1.54) is 30.8 Å². The average molecular weight is 184 g/mol. The fourth-order valence-corrected chi connectivity index (χ4v) is 1.48. The fourth-order valence-electron chi connectivity index (χ4n) is 0.742. The minimum Gasteiger partial charge on any atom is -0.299 e. The largest absolute Gasteiger partial charge is 0.299 e. The first-order chi connectivity index (χ1) is 5.68. The molecule has 0 aliphatic heterocycles. The Morgan fingerprint density at radius 2 is 2.33 bits per heavy atom. The first-order valence-corrected chi connectivity index (χ1v) is 4.55. The van der Waals surface area contributed by atoms with Gasteiger partial charge in [-0.3, -0.25) is 4.79 Å². The topological polar surface area (TPSA) is 17.1 Å². The van der Waals surface area contributed by atoms with Crippen LogP contribution in [0.2, 0.25) is 0 Å². The van der Waals surface area contributed by atoms with Crippen molar-refractivity contribution in [3.8, 4) is 0 Å². The number of hydrogen-bond donors (Lipinski definition) is 0. The Morgan fingerprint density at radius 1 is 1.58 bits per heavy atom. The minimum absolute atomic E-state index is 0.101. The molecule has 0 heterocycles. The second kappa shape index (κ2) is 4.26. The highest BCUT2D eigenvalue weighted by molar-refractivity contribution is 8.00. The van der Waals surface area contributed by atoms with Gasteiger partial charge in [-0.15, -0.1) is 11.8 Å². The Kier molecular flexibility index (Phi) is 3.29. The highest BCUT2D eigenvalue weighted by Gasteiger charge is 1.97. The molecule has 1 aromatic carbocycles. The predicted octanol–water partition coefficient (Wildman–Crippen LogP) is 2.51. The monoisotopic (exact) mass is 184 g/mol. The van der Waals surface area contributed by atoms with E-state index in [1.54, 1.807) is 12.1 Å². The third-order valence-corrected chi connectivity index (χ3v) is 2.38. The van der Waals surface area contributed by atoms with Crippen molar-refractivity contribution >= 4 is 17.5 Å². The van der Waals surface area contributed by atoms with Gasteiger partial charge in [-0.05, 0) is 25.1 Å². The van der Waals surface area contributed by atoms with E-state index < -0.39 is 0 Å². The van der Waals surface area contributed by atoms with E-state index in [2.05, 4.69) is 0 Å². The molecule has 1 nitrogen and oxygen atoms in total. The summed E-state index contributed by atoms with van der Waals surface area (Å²) in [5, 5.41) is 0. The van der Waals surface area contributed by atoms with Crippen LogP contribution in [0.1, 0.15) is 6.92 Å². The van der Waals surface area contributed by atoms with Crippen LogP contribution in [-0.4, -0.2) is 11.5 Å². The molecule has 0 spiro atoms. The summed E-state index contributed by atoms with van der Waals surface area (Å²) >= 11 is 1.35. The molecule has 1 rings (SSSR count). The van der Waals surface area contributed by atoms with Crippen molar-refractivity contribution in [2.24, 2.45) is 0 Å². The Bertz CT molecular complexity index is 286. The molecule has 0 atom stereocenters. The molecule has 0 N–H and O–H groups in total. The van der Waals surface area contributed by atoms with E-state index in [0.29, 0.717) is 5.75 Å². The van der Waals surface area contributed by atoms with E-state index in [9.17, 15) is 9.18 Å². The summed E-state index contributed by atoms with van der Waals surface area (Å²) in [5.41, 5.74) is 0. The molecule has 0 unspecified atom stereocenters. The highest BCUT2D eigenvalue weighted by atomic mass is 32.2. The number of carbonyl (C=O) groups excluding carboxylic acids is 1. The quantitative estimate of drug-likeness (QED) is 0.671. The Balaban J connectivity index is 2.57. The van der Waals surface area contributed by atoms with Crippen LogP contribution in [0.3, 0.4) is 0 Å². The molecule has 0 saturated carbocycles. The van der Waals surface area contributed by atoms with E-state index in [1.807, 2.05) is 0 Å². The van der Waals surface area contributed by atoms with E-state index in [0.717, 1.165) is 4.90 Å². The lowest BCUT2D eigenvalue weighted by molar-refractivity contribution is -0.114. The van der Waals surface area contributed by atoms with Gasteiger partial charge in [-0.25, -0.2) is 4.39 Å². The van der Waals surface area contributed by atoms with Gasteiger partial charge in [0.25, 0.3) is 0 Å². The number of Topliss-reactive ketones (excluding diaryl/α,β-unsaturated/α-hetero) is 1. The van der Waals surface area contributed by atoms with Gasteiger partial charge in [0.05, 0.1) is 5.75 Å². The van der Waals surface area contributed by atoms with Crippen LogP contribution in [0.5, 0.6) is 0 Å². The van der Waals surface area contributed by atoms with Gasteiger partial charge in [0.15, 0.2) is 0 Å². The fraction of sp³-hybridized carbons (Fsp3) is 0.222. The zero-order valence-corrected chi connectivity index (χ0v) is 7.53. The first-order valence-electron chi connectivity index (χ1n) is 3.56. The summed E-state index contributed by atoms with van der Waals surface area (Å²) in [4.78, 5) is 11.4. The van der Waals surface area contributed by atoms with E-state index >= 15 is 0 Å². The first kappa shape index (κ1) is 9.26. The third-order valence-electron chi connectivity index (χ3n) is 1.24. The Labute approximate surface area is 75.0 Å². The molecule has 64 valence electrons. The van der Waals surface area contributed by atoms with Crippen molar-refractivity contribution in [1.29, 1.82) is 0 Å². The molecule has 0 aromatic heterocycles. The maximum absolute atomic E-state index is 12.6. The van der Waals surface area contributed by atoms with Crippen molar-refractivity contribution in [1.82, 2.24) is 0 Å². The molecule has 0 aliphatic carbocycles. The molecule has 0 radical (unpaired) electrons. The van der Waals surface area contributed by atoms with Crippen LogP contribution >= 0.6 is 11.8 Å². The lowest BCUT2D eigenvalue weighted by atomic mass is 10.4. The number of thioether (sulfide) groups is 1. The molecule has 0 aliphatic rings. The van der Waals surface area contributed by atoms with Crippen molar-refractivity contribution in [3.05, 3.63) is 30.1 Å². The highest BCUT2D eigenvalue weighted by Crippen LogP contribution is 2.18. The third kappa shape index (κ3) is 3.05. The second-order valence-corrected chi connectivity index (χ2v) is 3.50. The summed E-state index contributed by atoms with van der Waals surface area (Å²) < 4.78 is 12.6. The number of carbonyl (C=O) groups is 1. The summed E-state index contributed by atoms with van der Waals surface area (Å²) in [6.07, 6.45) is 0. The van der Waals surface area contributed by atoms with Gasteiger partial charge in [-0.2, -0.15) is 0 Å². The van der Waals surface area contributed by atoms with Crippen LogP contribution in [0.25, 0.3) is 0 Å². The summed E-state index contributed by atoms with van der Waals surface area (Å²) in [5.74, 6) is 0.247. The average Bonchev–Trinajstić information content (AvgIpc) is 2.01. The standard InChI is InChI=1S/C9H9FOS/c1-7(11)6-12-9-4-2-3-8(10)5-9/h2-5H,6H2,1H3. The molecular formula is C9H9FOS. The second-order valence-electron chi connectivity index (χ2n) is 2.45. The summed E-state index contributed by atoms with van der Waals surface area (Å²) in [7, 11) is 0. The number of rotatable bonds is 3. The molecule has 1 aromatic rings. The van der Waals surface area contributed by atoms with Gasteiger partial charge >= 0.3 is 0 Å². The molecular weight excluding hydrogens is 175 g/mol. The molecule has 12 heavy (non-hydrogen) atoms. The van der Waals surface area contributed by atoms with Crippen molar-refractivity contribution in [2.45, 2.75) is 11.8 Å². The number of halogens is 1. The molecule has 0 amide bonds. The molecule has 0 saturated heterocycles. The van der Waals surface area contributed by atoms with E-state index in [4.69, 9.17) is 0 Å². The van der Waals surface area contributed by atoms with E-state index in [-0.39, 0.29) is 11.6 Å². The van der Waals surface area contributed by atoms with Crippen molar-refractivity contribution < 1.29 is 9.18 Å². The Morgan fingerprint density at radius 3 is 2.92 bits per heavy atom. The van der Waals surface area contributed by atoms with Crippen LogP contribution in [-0.2, 0) is 4.79 Å². The van der Waals surface area contributed by atoms with Gasteiger partial charge in [0.2, 0.25) is 0 Å². The molecule has 0 fully saturated rings. The molecule has 3 heteroatoms. The molecule has 0 bridgehead atoms. The summed E-state index contributed by atoms with van der Waals surface area (Å²) in [6.45, 7) is 1.52. The van der Waals surface area contributed by atoms with Gasteiger partial charge in [0, 0.05) is 4.90 Å². The maximum Gasteiger partial charge on any atom is 0.140 e. The minimum atomic E-state index is -0.261. The number of ketones is 1. The van der Waals surface area contributed by atoms with Crippen molar-refractivity contribution in [2.75, 3.05) is 5.75 Å². The van der Waals surface area contributed by atoms with Gasteiger partial charge in [-0.1, -0.05) is 6.07 Å². The zero-order chi connectivity index (χ0) is 8.97. The smallest absolute Gasteiger partial charge is 0.140 e. The van der Waals surface area contributed by atoms with Crippen LogP contribution in [0, 0.1) is 5.82 Å². The van der Waals surface area contributed by atoms with Gasteiger partial charge in [0.1, 0.15) is 11.6 Å². The SMILES string of the molecule is CC(=O)CSc1cccc(F)c1. The lowest BCUT2D eigenvalue weighted by Crippen LogP contribution is -1.92. The normalized spacial score (nSPS) is 9.83. The maximum atomic E-state index is 12.6. The predicted molar refractivity (Wildman–Crippen MR) is 47.8 cm³/mol. The lowest BCUT2D eigenvalue weighted by Gasteiger charge is -1.97. The summed E-state index contributed by atoms with van der Waals surface area (Å²) in [6, 6.07) is 6.24. The van der Waals surface area contributed by atoms with Gasteiger partial charge < -0.3 is 0 Å². The van der Waals surface area contributed by atoms with Crippen LogP contribution in [0.4, 0.5) is 4.39 Å². The van der Waals surface area contributed by atoms with Crippen LogP contribution < -0.4 is 0 Å². The number of hydrogen-bond acceptors (Lipinski definition) is 2. The Hall–Kier alpha value is -0.830. The van der Waals surface area contributed by atoms with Crippen molar-refractivity contribution in [3.63, 3.8) is 0 Å². The number of benzene rings is 1. The zero-order valence-electron chi connectivity index (χ0n) is 6.71. The van der Waals surface area contributed by atoms with Crippen LogP contribution in [0.15, 0.2) is 29.2 Å².